The molecule has 0 unspecified atom stereocenters. The van der Waals surface area contributed by atoms with Crippen molar-refractivity contribution in [3.8, 4) is 0 Å². The molecule has 2 aromatic rings. The van der Waals surface area contributed by atoms with Gasteiger partial charge in [-0.25, -0.2) is 4.39 Å². The second-order valence-corrected chi connectivity index (χ2v) is 6.96. The van der Waals surface area contributed by atoms with Crippen molar-refractivity contribution in [3.63, 3.8) is 0 Å². The Bertz CT molecular complexity index is 796. The van der Waals surface area contributed by atoms with Crippen molar-refractivity contribution in [2.45, 2.75) is 32.4 Å². The predicted molar refractivity (Wildman–Crippen MR) is 110 cm³/mol. The van der Waals surface area contributed by atoms with Gasteiger partial charge in [0.2, 0.25) is 0 Å². The lowest BCUT2D eigenvalue weighted by Crippen LogP contribution is -2.36. The van der Waals surface area contributed by atoms with E-state index in [0.29, 0.717) is 19.0 Å². The summed E-state index contributed by atoms with van der Waals surface area (Å²) in [6, 6.07) is 14.1. The minimum Gasteiger partial charge on any atom is -0.352 e. The molecule has 2 N–H and O–H groups in total. The molecule has 0 spiro atoms. The number of halogens is 1. The molecule has 5 nitrogen and oxygen atoms in total. The molecule has 1 aliphatic heterocycles. The lowest BCUT2D eigenvalue weighted by molar-refractivity contribution is 0.0724. The highest BCUT2D eigenvalue weighted by atomic mass is 19.1. The highest BCUT2D eigenvalue weighted by molar-refractivity contribution is 5.94. The average Bonchev–Trinajstić information content (AvgIpc) is 2.75. The van der Waals surface area contributed by atoms with Gasteiger partial charge in [0.05, 0.1) is 0 Å². The average molecular weight is 382 g/mol. The molecule has 148 valence electrons. The number of likely N-dealkylation sites (tertiary alicyclic amines) is 1. The minimum atomic E-state index is -0.242. The minimum absolute atomic E-state index is 0.121. The first kappa shape index (κ1) is 19.9. The van der Waals surface area contributed by atoms with E-state index in [9.17, 15) is 9.18 Å². The number of hydrogen-bond donors (Lipinski definition) is 2. The fraction of sp³-hybridized carbons (Fsp3) is 0.364. The van der Waals surface area contributed by atoms with Gasteiger partial charge in [-0.2, -0.15) is 0 Å². The number of carbonyl (C=O) groups is 1. The number of rotatable bonds is 5. The summed E-state index contributed by atoms with van der Waals surface area (Å²) in [4.78, 5) is 18.7. The predicted octanol–water partition coefficient (Wildman–Crippen LogP) is 3.32. The maximum absolute atomic E-state index is 13.0. The third-order valence-corrected chi connectivity index (χ3v) is 4.90. The van der Waals surface area contributed by atoms with Gasteiger partial charge in [-0.3, -0.25) is 9.79 Å². The number of aliphatic imine (C=N–C) groups is 1. The van der Waals surface area contributed by atoms with E-state index in [4.69, 9.17) is 0 Å². The number of nitrogens with zero attached hydrogens (tertiary/aromatic N) is 2. The zero-order chi connectivity index (χ0) is 19.8. The van der Waals surface area contributed by atoms with Crippen LogP contribution in [0.5, 0.6) is 0 Å². The summed E-state index contributed by atoms with van der Waals surface area (Å²) in [5.41, 5.74) is 2.79. The molecule has 1 fully saturated rings. The van der Waals surface area contributed by atoms with E-state index in [2.05, 4.69) is 15.6 Å². The number of benzene rings is 2. The highest BCUT2D eigenvalue weighted by Gasteiger charge is 2.17. The van der Waals surface area contributed by atoms with Gasteiger partial charge in [0.25, 0.3) is 5.91 Å². The lowest BCUT2D eigenvalue weighted by atomic mass is 10.1. The number of amides is 1. The quantitative estimate of drug-likeness (QED) is 0.616. The van der Waals surface area contributed by atoms with E-state index in [1.165, 1.54) is 18.6 Å². The zero-order valence-electron chi connectivity index (χ0n) is 16.2. The van der Waals surface area contributed by atoms with Gasteiger partial charge in [0.1, 0.15) is 5.82 Å². The van der Waals surface area contributed by atoms with Crippen LogP contribution in [-0.2, 0) is 13.1 Å². The van der Waals surface area contributed by atoms with Crippen LogP contribution in [0, 0.1) is 5.82 Å². The highest BCUT2D eigenvalue weighted by Crippen LogP contribution is 2.14. The third kappa shape index (κ3) is 5.55. The van der Waals surface area contributed by atoms with Gasteiger partial charge in [-0.1, -0.05) is 24.3 Å². The number of piperidine rings is 1. The van der Waals surface area contributed by atoms with Crippen LogP contribution in [0.4, 0.5) is 4.39 Å². The molecule has 0 bridgehead atoms. The van der Waals surface area contributed by atoms with Crippen LogP contribution < -0.4 is 10.6 Å². The van der Waals surface area contributed by atoms with Crippen molar-refractivity contribution >= 4 is 11.9 Å². The van der Waals surface area contributed by atoms with E-state index in [1.54, 1.807) is 19.2 Å². The number of guanidine groups is 1. The molecule has 1 saturated heterocycles. The van der Waals surface area contributed by atoms with Crippen molar-refractivity contribution in [3.05, 3.63) is 71.0 Å². The molecule has 0 aliphatic carbocycles. The van der Waals surface area contributed by atoms with Crippen LogP contribution in [0.1, 0.15) is 40.7 Å². The molecule has 1 aliphatic rings. The summed E-state index contributed by atoms with van der Waals surface area (Å²) < 4.78 is 13.0. The van der Waals surface area contributed by atoms with Crippen molar-refractivity contribution in [1.82, 2.24) is 15.5 Å². The number of hydrogen-bond acceptors (Lipinski definition) is 2. The maximum Gasteiger partial charge on any atom is 0.253 e. The monoisotopic (exact) mass is 382 g/mol. The van der Waals surface area contributed by atoms with Gasteiger partial charge in [-0.15, -0.1) is 0 Å². The largest absolute Gasteiger partial charge is 0.352 e. The summed E-state index contributed by atoms with van der Waals surface area (Å²) in [5.74, 6) is 0.544. The molecule has 28 heavy (non-hydrogen) atoms. The summed E-state index contributed by atoms with van der Waals surface area (Å²) in [6.07, 6.45) is 3.40. The van der Waals surface area contributed by atoms with E-state index in [0.717, 1.165) is 42.6 Å². The van der Waals surface area contributed by atoms with E-state index in [-0.39, 0.29) is 11.7 Å². The third-order valence-electron chi connectivity index (χ3n) is 4.90. The molecule has 2 aromatic carbocycles. The fourth-order valence-electron chi connectivity index (χ4n) is 3.24. The number of carbonyl (C=O) groups excluding carboxylic acids is 1. The fourth-order valence-corrected chi connectivity index (χ4v) is 3.24. The van der Waals surface area contributed by atoms with Gasteiger partial charge < -0.3 is 15.5 Å². The van der Waals surface area contributed by atoms with Crippen molar-refractivity contribution in [2.24, 2.45) is 4.99 Å². The Kier molecular flexibility index (Phi) is 7.00. The second kappa shape index (κ2) is 9.88. The molecule has 0 saturated carbocycles. The van der Waals surface area contributed by atoms with E-state index < -0.39 is 0 Å². The Morgan fingerprint density at radius 3 is 2.00 bits per heavy atom. The Balaban J connectivity index is 1.49. The molecular formula is C22H27FN4O. The van der Waals surface area contributed by atoms with Crippen molar-refractivity contribution in [2.75, 3.05) is 20.1 Å². The van der Waals surface area contributed by atoms with Crippen molar-refractivity contribution in [1.29, 1.82) is 0 Å². The Morgan fingerprint density at radius 2 is 1.46 bits per heavy atom. The summed E-state index contributed by atoms with van der Waals surface area (Å²) in [7, 11) is 1.71. The van der Waals surface area contributed by atoms with Crippen LogP contribution in [0.25, 0.3) is 0 Å². The smallest absolute Gasteiger partial charge is 0.253 e. The summed E-state index contributed by atoms with van der Waals surface area (Å²) in [5, 5.41) is 6.45. The first-order valence-electron chi connectivity index (χ1n) is 9.73. The Morgan fingerprint density at radius 1 is 0.929 bits per heavy atom. The normalized spacial score (nSPS) is 14.6. The molecular weight excluding hydrogens is 355 g/mol. The zero-order valence-corrected chi connectivity index (χ0v) is 16.2. The first-order chi connectivity index (χ1) is 13.7. The molecule has 0 atom stereocenters. The molecule has 0 radical (unpaired) electrons. The second-order valence-electron chi connectivity index (χ2n) is 6.96. The standard InChI is InChI=1S/C22H27FN4O/c1-24-22(26-16-18-7-11-20(23)12-8-18)25-15-17-5-9-19(10-6-17)21(28)27-13-3-2-4-14-27/h5-12H,2-4,13-16H2,1H3,(H2,24,25,26). The van der Waals surface area contributed by atoms with E-state index in [1.807, 2.05) is 29.2 Å². The molecule has 0 aromatic heterocycles. The maximum atomic E-state index is 13.0. The van der Waals surface area contributed by atoms with Gasteiger partial charge >= 0.3 is 0 Å². The molecule has 1 amide bonds. The van der Waals surface area contributed by atoms with Gasteiger partial charge in [-0.05, 0) is 54.7 Å². The molecule has 1 heterocycles. The Labute approximate surface area is 165 Å². The molecule has 3 rings (SSSR count). The van der Waals surface area contributed by atoms with Gasteiger partial charge in [0, 0.05) is 38.8 Å². The van der Waals surface area contributed by atoms with Gasteiger partial charge in [0.15, 0.2) is 5.96 Å². The van der Waals surface area contributed by atoms with Crippen LogP contribution in [0.2, 0.25) is 0 Å². The number of nitrogens with one attached hydrogen (secondary N) is 2. The topological polar surface area (TPSA) is 56.7 Å². The Hall–Kier alpha value is -2.89. The SMILES string of the molecule is CN=C(NCc1ccc(F)cc1)NCc1ccc(C(=O)N2CCCCC2)cc1. The van der Waals surface area contributed by atoms with Crippen LogP contribution >= 0.6 is 0 Å². The summed E-state index contributed by atoms with van der Waals surface area (Å²) in [6.45, 7) is 2.88. The van der Waals surface area contributed by atoms with Crippen molar-refractivity contribution < 1.29 is 9.18 Å². The van der Waals surface area contributed by atoms with Crippen LogP contribution in [-0.4, -0.2) is 36.9 Å². The summed E-state index contributed by atoms with van der Waals surface area (Å²) >= 11 is 0. The van der Waals surface area contributed by atoms with E-state index >= 15 is 0 Å². The first-order valence-corrected chi connectivity index (χ1v) is 9.73. The lowest BCUT2D eigenvalue weighted by Gasteiger charge is -2.26. The van der Waals surface area contributed by atoms with Crippen LogP contribution in [0.15, 0.2) is 53.5 Å². The van der Waals surface area contributed by atoms with Crippen LogP contribution in [0.3, 0.4) is 0 Å². The molecule has 6 heteroatoms.